The van der Waals surface area contributed by atoms with Crippen LogP contribution in [0.15, 0.2) is 36.6 Å². The molecule has 2 nitrogen and oxygen atoms in total. The number of aliphatic hydroxyl groups excluding tert-OH is 1. The Hall–Kier alpha value is -1.67. The van der Waals surface area contributed by atoms with Gasteiger partial charge in [-0.3, -0.25) is 4.98 Å². The van der Waals surface area contributed by atoms with Crippen LogP contribution in [0, 0.1) is 11.8 Å². The summed E-state index contributed by atoms with van der Waals surface area (Å²) in [6, 6.07) is 2.32. The number of hydrogen-bond acceptors (Lipinski definition) is 2. The number of rotatable bonds is 10. The zero-order valence-electron chi connectivity index (χ0n) is 19.2. The molecular formula is C28H41NO. The number of aliphatic hydroxyl groups is 1. The molecule has 3 rings (SSSR count). The summed E-state index contributed by atoms with van der Waals surface area (Å²) in [4.78, 5) is 4.79. The van der Waals surface area contributed by atoms with Crippen molar-refractivity contribution in [1.29, 1.82) is 0 Å². The lowest BCUT2D eigenvalue weighted by molar-refractivity contribution is 0.108. The fourth-order valence-electron chi connectivity index (χ4n) is 5.04. The molecule has 2 heteroatoms. The minimum Gasteiger partial charge on any atom is -0.393 e. The Kier molecular flexibility index (Phi) is 8.93. The van der Waals surface area contributed by atoms with Crippen molar-refractivity contribution in [2.24, 2.45) is 11.8 Å². The van der Waals surface area contributed by atoms with Crippen LogP contribution in [-0.2, 0) is 6.42 Å². The summed E-state index contributed by atoms with van der Waals surface area (Å²) in [5.74, 6) is 1.50. The van der Waals surface area contributed by atoms with Crippen LogP contribution in [0.25, 0.3) is 11.6 Å². The molecule has 1 aromatic heterocycles. The van der Waals surface area contributed by atoms with Crippen LogP contribution in [0.5, 0.6) is 0 Å². The molecule has 30 heavy (non-hydrogen) atoms. The summed E-state index contributed by atoms with van der Waals surface area (Å²) in [5.41, 5.74) is 3.77. The van der Waals surface area contributed by atoms with Crippen molar-refractivity contribution in [1.82, 2.24) is 4.98 Å². The van der Waals surface area contributed by atoms with E-state index < -0.39 is 0 Å². The van der Waals surface area contributed by atoms with Gasteiger partial charge < -0.3 is 5.11 Å². The third-order valence-electron chi connectivity index (χ3n) is 6.94. The minimum atomic E-state index is -0.0887. The van der Waals surface area contributed by atoms with Gasteiger partial charge in [-0.15, -0.1) is 0 Å². The first-order valence-electron chi connectivity index (χ1n) is 12.3. The second kappa shape index (κ2) is 11.6. The molecule has 0 radical (unpaired) electrons. The minimum absolute atomic E-state index is 0.0887. The van der Waals surface area contributed by atoms with Crippen LogP contribution >= 0.6 is 0 Å². The van der Waals surface area contributed by atoms with Gasteiger partial charge in [-0.2, -0.15) is 0 Å². The Bertz CT molecular complexity index is 842. The smallest absolute Gasteiger partial charge is 0.0540 e. The molecule has 0 amide bonds. The van der Waals surface area contributed by atoms with Gasteiger partial charge in [0.1, 0.15) is 0 Å². The lowest BCUT2D eigenvalue weighted by atomic mass is 9.84. The molecule has 1 saturated carbocycles. The van der Waals surface area contributed by atoms with Crippen molar-refractivity contribution in [3.8, 4) is 0 Å². The monoisotopic (exact) mass is 407 g/mol. The molecule has 2 aliphatic rings. The Labute approximate surface area is 183 Å². The zero-order chi connectivity index (χ0) is 21.3. The first kappa shape index (κ1) is 23.0. The topological polar surface area (TPSA) is 33.1 Å². The van der Waals surface area contributed by atoms with Crippen molar-refractivity contribution in [2.45, 2.75) is 97.0 Å². The predicted molar refractivity (Wildman–Crippen MR) is 128 cm³/mol. The predicted octanol–water partition coefficient (Wildman–Crippen LogP) is 5.62. The van der Waals surface area contributed by atoms with E-state index in [0.717, 1.165) is 50.9 Å². The highest BCUT2D eigenvalue weighted by molar-refractivity contribution is 5.73. The van der Waals surface area contributed by atoms with Crippen LogP contribution in [0.4, 0.5) is 0 Å². The second-order valence-corrected chi connectivity index (χ2v) is 9.64. The van der Waals surface area contributed by atoms with Crippen molar-refractivity contribution in [3.05, 3.63) is 52.7 Å². The highest BCUT2D eigenvalue weighted by Gasteiger charge is 2.20. The van der Waals surface area contributed by atoms with Crippen molar-refractivity contribution in [2.75, 3.05) is 0 Å². The first-order valence-corrected chi connectivity index (χ1v) is 12.3. The molecule has 1 unspecified atom stereocenters. The Morgan fingerprint density at radius 3 is 2.77 bits per heavy atom. The van der Waals surface area contributed by atoms with E-state index in [1.54, 1.807) is 0 Å². The molecule has 2 aliphatic carbocycles. The summed E-state index contributed by atoms with van der Waals surface area (Å²) in [7, 11) is 0. The number of fused-ring (bicyclic) bond motifs is 1. The van der Waals surface area contributed by atoms with Crippen LogP contribution in [0.1, 0.15) is 90.2 Å². The largest absolute Gasteiger partial charge is 0.393 e. The Morgan fingerprint density at radius 2 is 2.00 bits per heavy atom. The van der Waals surface area contributed by atoms with E-state index in [2.05, 4.69) is 50.9 Å². The van der Waals surface area contributed by atoms with Gasteiger partial charge in [0.15, 0.2) is 0 Å². The van der Waals surface area contributed by atoms with E-state index >= 15 is 0 Å². The summed E-state index contributed by atoms with van der Waals surface area (Å²) in [6.07, 6.45) is 22.5. The summed E-state index contributed by atoms with van der Waals surface area (Å²) in [5, 5.41) is 12.3. The van der Waals surface area contributed by atoms with Crippen LogP contribution in [-0.4, -0.2) is 16.2 Å². The molecule has 0 aromatic carbocycles. The molecule has 1 heterocycles. The van der Waals surface area contributed by atoms with Gasteiger partial charge in [0, 0.05) is 11.9 Å². The van der Waals surface area contributed by atoms with Gasteiger partial charge >= 0.3 is 0 Å². The molecule has 1 N–H and O–H groups in total. The van der Waals surface area contributed by atoms with Crippen molar-refractivity contribution < 1.29 is 5.11 Å². The van der Waals surface area contributed by atoms with E-state index in [4.69, 9.17) is 4.98 Å². The van der Waals surface area contributed by atoms with Crippen LogP contribution in [0.3, 0.4) is 0 Å². The number of unbranched alkanes of at least 4 members (excludes halogenated alkanes) is 1. The summed E-state index contributed by atoms with van der Waals surface area (Å²) < 4.78 is 0. The van der Waals surface area contributed by atoms with E-state index in [0.29, 0.717) is 5.92 Å². The van der Waals surface area contributed by atoms with Gasteiger partial charge in [-0.1, -0.05) is 64.3 Å². The lowest BCUT2D eigenvalue weighted by Gasteiger charge is -2.25. The molecule has 0 spiro atoms. The number of aromatic nitrogens is 1. The summed E-state index contributed by atoms with van der Waals surface area (Å²) >= 11 is 0. The fourth-order valence-corrected chi connectivity index (χ4v) is 5.04. The highest BCUT2D eigenvalue weighted by atomic mass is 16.3. The van der Waals surface area contributed by atoms with Gasteiger partial charge in [-0.05, 0) is 90.9 Å². The first-order chi connectivity index (χ1) is 14.6. The SMILES string of the molecule is C=C(CCCCC(C)CCC)C1=c2cc(CC3CCC(O)CC3)ncc2=CCC=C1. The van der Waals surface area contributed by atoms with E-state index in [-0.39, 0.29) is 6.10 Å². The van der Waals surface area contributed by atoms with Gasteiger partial charge in [0.2, 0.25) is 0 Å². The maximum atomic E-state index is 9.78. The molecule has 1 fully saturated rings. The van der Waals surface area contributed by atoms with Crippen molar-refractivity contribution >= 4 is 11.6 Å². The zero-order valence-corrected chi connectivity index (χ0v) is 19.2. The maximum absolute atomic E-state index is 9.78. The average molecular weight is 408 g/mol. The van der Waals surface area contributed by atoms with Crippen molar-refractivity contribution in [3.63, 3.8) is 0 Å². The van der Waals surface area contributed by atoms with E-state index in [9.17, 15) is 5.11 Å². The molecule has 164 valence electrons. The number of hydrogen-bond donors (Lipinski definition) is 1. The molecule has 0 aliphatic heterocycles. The summed E-state index contributed by atoms with van der Waals surface area (Å²) in [6.45, 7) is 9.14. The molecule has 1 atom stereocenters. The number of allylic oxidation sites excluding steroid dienone is 3. The average Bonchev–Trinajstić information content (AvgIpc) is 2.95. The lowest BCUT2D eigenvalue weighted by Crippen LogP contribution is -2.29. The van der Waals surface area contributed by atoms with Crippen LogP contribution < -0.4 is 10.4 Å². The standard InChI is InChI=1S/C28H41NO/c1-4-9-21(2)10-5-6-11-22(3)27-13-8-7-12-24-20-29-25(19-28(24)27)18-23-14-16-26(30)17-15-23/h8,12-13,19-21,23,26,30H,3-7,9-11,14-18H2,1-2H3. The van der Waals surface area contributed by atoms with Gasteiger partial charge in [-0.25, -0.2) is 0 Å². The highest BCUT2D eigenvalue weighted by Crippen LogP contribution is 2.26. The molecule has 0 bridgehead atoms. The normalized spacial score (nSPS) is 22.2. The Morgan fingerprint density at radius 1 is 1.20 bits per heavy atom. The second-order valence-electron chi connectivity index (χ2n) is 9.64. The number of pyridine rings is 1. The quantitative estimate of drug-likeness (QED) is 0.511. The number of nitrogens with zero attached hydrogens (tertiary/aromatic N) is 1. The molecule has 0 saturated heterocycles. The molecule has 1 aromatic rings. The van der Waals surface area contributed by atoms with Crippen LogP contribution in [0.2, 0.25) is 0 Å². The third-order valence-corrected chi connectivity index (χ3v) is 6.94. The third kappa shape index (κ3) is 6.67. The maximum Gasteiger partial charge on any atom is 0.0540 e. The van der Waals surface area contributed by atoms with Gasteiger partial charge in [0.05, 0.1) is 6.10 Å². The fraction of sp³-hybridized carbons (Fsp3) is 0.607. The molecular weight excluding hydrogens is 366 g/mol. The Balaban J connectivity index is 1.70. The van der Waals surface area contributed by atoms with E-state index in [1.807, 2.05) is 0 Å². The van der Waals surface area contributed by atoms with Gasteiger partial charge in [0.25, 0.3) is 0 Å². The van der Waals surface area contributed by atoms with E-state index in [1.165, 1.54) is 59.4 Å².